The van der Waals surface area contributed by atoms with Gasteiger partial charge in [-0.3, -0.25) is 0 Å². The zero-order valence-corrected chi connectivity index (χ0v) is 9.72. The van der Waals surface area contributed by atoms with E-state index >= 15 is 0 Å². The van der Waals surface area contributed by atoms with Crippen molar-refractivity contribution < 1.29 is 0 Å². The molecule has 0 aliphatic rings. The van der Waals surface area contributed by atoms with Gasteiger partial charge in [-0.2, -0.15) is 0 Å². The molecule has 0 radical (unpaired) electrons. The SMILES string of the molecule is Cc1nc(Cl)cc(Sc2ccccc2)n1. The number of benzene rings is 1. The molecule has 0 bridgehead atoms. The Bertz CT molecular complexity index is 439. The largest absolute Gasteiger partial charge is 0.226 e. The highest BCUT2D eigenvalue weighted by Gasteiger charge is 2.01. The van der Waals surface area contributed by atoms with Gasteiger partial charge in [-0.25, -0.2) is 9.97 Å². The molecule has 15 heavy (non-hydrogen) atoms. The quantitative estimate of drug-likeness (QED) is 0.746. The molecule has 2 nitrogen and oxygen atoms in total. The van der Waals surface area contributed by atoms with Crippen LogP contribution in [0.25, 0.3) is 0 Å². The predicted octanol–water partition coefficient (Wildman–Crippen LogP) is 3.59. The molecule has 0 atom stereocenters. The van der Waals surface area contributed by atoms with Gasteiger partial charge in [0.25, 0.3) is 0 Å². The summed E-state index contributed by atoms with van der Waals surface area (Å²) < 4.78 is 0. The lowest BCUT2D eigenvalue weighted by atomic mass is 10.4. The van der Waals surface area contributed by atoms with Crippen LogP contribution in [0.15, 0.2) is 46.3 Å². The second kappa shape index (κ2) is 4.64. The molecule has 2 rings (SSSR count). The summed E-state index contributed by atoms with van der Waals surface area (Å²) in [5, 5.41) is 1.36. The van der Waals surface area contributed by atoms with Crippen LogP contribution in [0.4, 0.5) is 0 Å². The Morgan fingerprint density at radius 2 is 1.87 bits per heavy atom. The van der Waals surface area contributed by atoms with Crippen molar-refractivity contribution >= 4 is 23.4 Å². The number of halogens is 1. The normalized spacial score (nSPS) is 10.3. The van der Waals surface area contributed by atoms with Crippen LogP contribution in [0.1, 0.15) is 5.82 Å². The van der Waals surface area contributed by atoms with Gasteiger partial charge in [0.2, 0.25) is 0 Å². The van der Waals surface area contributed by atoms with E-state index in [9.17, 15) is 0 Å². The lowest BCUT2D eigenvalue weighted by molar-refractivity contribution is 0.968. The average molecular weight is 237 g/mol. The van der Waals surface area contributed by atoms with Crippen LogP contribution in [-0.2, 0) is 0 Å². The maximum Gasteiger partial charge on any atom is 0.133 e. The number of hydrogen-bond acceptors (Lipinski definition) is 3. The summed E-state index contributed by atoms with van der Waals surface area (Å²) in [6, 6.07) is 11.8. The van der Waals surface area contributed by atoms with Crippen molar-refractivity contribution in [1.82, 2.24) is 9.97 Å². The molecule has 0 saturated carbocycles. The summed E-state index contributed by atoms with van der Waals surface area (Å²) >= 11 is 7.43. The zero-order chi connectivity index (χ0) is 10.7. The Hall–Kier alpha value is -1.06. The summed E-state index contributed by atoms with van der Waals surface area (Å²) in [6.07, 6.45) is 0. The third kappa shape index (κ3) is 2.94. The number of aromatic nitrogens is 2. The Labute approximate surface area is 97.7 Å². The lowest BCUT2D eigenvalue weighted by Gasteiger charge is -2.01. The second-order valence-corrected chi connectivity index (χ2v) is 4.47. The molecule has 1 heterocycles. The summed E-state index contributed by atoms with van der Waals surface area (Å²) in [4.78, 5) is 9.46. The van der Waals surface area contributed by atoms with E-state index in [1.165, 1.54) is 0 Å². The molecule has 0 aliphatic heterocycles. The molecular formula is C11H9ClN2S. The van der Waals surface area contributed by atoms with E-state index in [1.807, 2.05) is 37.3 Å². The fourth-order valence-electron chi connectivity index (χ4n) is 1.17. The van der Waals surface area contributed by atoms with Crippen LogP contribution < -0.4 is 0 Å². The third-order valence-corrected chi connectivity index (χ3v) is 2.87. The first kappa shape index (κ1) is 10.5. The zero-order valence-electron chi connectivity index (χ0n) is 8.14. The fraction of sp³-hybridized carbons (Fsp3) is 0.0909. The number of hydrogen-bond donors (Lipinski definition) is 0. The van der Waals surface area contributed by atoms with Gasteiger partial charge in [-0.1, -0.05) is 41.6 Å². The Balaban J connectivity index is 2.25. The molecule has 0 fully saturated rings. The van der Waals surface area contributed by atoms with Gasteiger partial charge < -0.3 is 0 Å². The number of rotatable bonds is 2. The Kier molecular flexibility index (Phi) is 3.23. The van der Waals surface area contributed by atoms with Gasteiger partial charge in [0, 0.05) is 11.0 Å². The van der Waals surface area contributed by atoms with Gasteiger partial charge in [-0.05, 0) is 19.1 Å². The molecule has 0 aliphatic carbocycles. The van der Waals surface area contributed by atoms with Gasteiger partial charge in [0.05, 0.1) is 0 Å². The molecule has 1 aromatic heterocycles. The average Bonchev–Trinajstić information content (AvgIpc) is 2.17. The van der Waals surface area contributed by atoms with Crippen molar-refractivity contribution in [1.29, 1.82) is 0 Å². The monoisotopic (exact) mass is 236 g/mol. The summed E-state index contributed by atoms with van der Waals surface area (Å²) in [5.41, 5.74) is 0. The van der Waals surface area contributed by atoms with Crippen molar-refractivity contribution in [2.75, 3.05) is 0 Å². The smallest absolute Gasteiger partial charge is 0.133 e. The van der Waals surface area contributed by atoms with Crippen LogP contribution in [0.3, 0.4) is 0 Å². The Morgan fingerprint density at radius 1 is 1.13 bits per heavy atom. The van der Waals surface area contributed by atoms with Crippen LogP contribution in [0, 0.1) is 6.92 Å². The van der Waals surface area contributed by atoms with Gasteiger partial charge in [0.15, 0.2) is 0 Å². The molecule has 2 aromatic rings. The standard InChI is InChI=1S/C11H9ClN2S/c1-8-13-10(12)7-11(14-8)15-9-5-3-2-4-6-9/h2-7H,1H3. The molecule has 0 N–H and O–H groups in total. The van der Waals surface area contributed by atoms with E-state index in [0.29, 0.717) is 11.0 Å². The minimum Gasteiger partial charge on any atom is -0.226 e. The van der Waals surface area contributed by atoms with Gasteiger partial charge in [0.1, 0.15) is 16.0 Å². The number of nitrogens with zero attached hydrogens (tertiary/aromatic N) is 2. The Morgan fingerprint density at radius 3 is 2.53 bits per heavy atom. The highest BCUT2D eigenvalue weighted by molar-refractivity contribution is 7.99. The molecule has 0 spiro atoms. The van der Waals surface area contributed by atoms with Gasteiger partial charge in [-0.15, -0.1) is 0 Å². The van der Waals surface area contributed by atoms with Crippen molar-refractivity contribution in [3.63, 3.8) is 0 Å². The molecule has 0 unspecified atom stereocenters. The van der Waals surface area contributed by atoms with Crippen LogP contribution >= 0.6 is 23.4 Å². The maximum absolute atomic E-state index is 5.85. The highest BCUT2D eigenvalue weighted by atomic mass is 35.5. The van der Waals surface area contributed by atoms with Crippen molar-refractivity contribution in [2.45, 2.75) is 16.8 Å². The van der Waals surface area contributed by atoms with Crippen LogP contribution in [0.2, 0.25) is 5.15 Å². The molecular weight excluding hydrogens is 228 g/mol. The van der Waals surface area contributed by atoms with Gasteiger partial charge >= 0.3 is 0 Å². The molecule has 0 saturated heterocycles. The first-order valence-corrected chi connectivity index (χ1v) is 5.67. The first-order chi connectivity index (χ1) is 7.24. The second-order valence-electron chi connectivity index (χ2n) is 2.99. The predicted molar refractivity (Wildman–Crippen MR) is 62.3 cm³/mol. The van der Waals surface area contributed by atoms with Crippen molar-refractivity contribution in [3.8, 4) is 0 Å². The third-order valence-electron chi connectivity index (χ3n) is 1.75. The molecule has 76 valence electrons. The van der Waals surface area contributed by atoms with E-state index in [-0.39, 0.29) is 0 Å². The summed E-state index contributed by atoms with van der Waals surface area (Å²) in [6.45, 7) is 1.83. The van der Waals surface area contributed by atoms with E-state index in [1.54, 1.807) is 17.8 Å². The van der Waals surface area contributed by atoms with Crippen LogP contribution in [-0.4, -0.2) is 9.97 Å². The summed E-state index contributed by atoms with van der Waals surface area (Å²) in [5.74, 6) is 0.695. The van der Waals surface area contributed by atoms with Crippen molar-refractivity contribution in [3.05, 3.63) is 47.4 Å². The highest BCUT2D eigenvalue weighted by Crippen LogP contribution is 2.26. The number of aryl methyl sites for hydroxylation is 1. The first-order valence-electron chi connectivity index (χ1n) is 4.48. The molecule has 1 aromatic carbocycles. The molecule has 4 heteroatoms. The minimum absolute atomic E-state index is 0.487. The topological polar surface area (TPSA) is 25.8 Å². The molecule has 0 amide bonds. The van der Waals surface area contributed by atoms with Crippen molar-refractivity contribution in [2.24, 2.45) is 0 Å². The lowest BCUT2D eigenvalue weighted by Crippen LogP contribution is -1.89. The van der Waals surface area contributed by atoms with E-state index in [0.717, 1.165) is 9.92 Å². The van der Waals surface area contributed by atoms with E-state index in [2.05, 4.69) is 9.97 Å². The maximum atomic E-state index is 5.85. The van der Waals surface area contributed by atoms with E-state index < -0.39 is 0 Å². The minimum atomic E-state index is 0.487. The fourth-order valence-corrected chi connectivity index (χ4v) is 2.34. The van der Waals surface area contributed by atoms with E-state index in [4.69, 9.17) is 11.6 Å². The van der Waals surface area contributed by atoms with Crippen LogP contribution in [0.5, 0.6) is 0 Å². The summed E-state index contributed by atoms with van der Waals surface area (Å²) in [7, 11) is 0.